The minimum absolute atomic E-state index is 0.0475. The van der Waals surface area contributed by atoms with E-state index in [2.05, 4.69) is 21.2 Å². The van der Waals surface area contributed by atoms with E-state index in [0.29, 0.717) is 17.5 Å². The van der Waals surface area contributed by atoms with Crippen LogP contribution in [0.2, 0.25) is 0 Å². The summed E-state index contributed by atoms with van der Waals surface area (Å²) in [5.41, 5.74) is 2.91. The van der Waals surface area contributed by atoms with E-state index < -0.39 is 0 Å². The number of nitriles is 1. The summed E-state index contributed by atoms with van der Waals surface area (Å²) in [6.07, 6.45) is 0.974. The Labute approximate surface area is 135 Å². The quantitative estimate of drug-likeness (QED) is 0.856. The molecule has 0 bridgehead atoms. The third-order valence-electron chi connectivity index (χ3n) is 4.65. The Morgan fingerprint density at radius 1 is 1.43 bits per heavy atom. The first-order chi connectivity index (χ1) is 11.0. The summed E-state index contributed by atoms with van der Waals surface area (Å²) >= 11 is 0. The molecular weight excluding hydrogens is 294 g/mol. The topological polar surface area (TPSA) is 80.1 Å². The molecule has 3 heterocycles. The molecule has 1 aliphatic rings. The number of likely N-dealkylation sites (tertiary alicyclic amines) is 1. The van der Waals surface area contributed by atoms with Gasteiger partial charge in [0.15, 0.2) is 0 Å². The molecule has 0 spiro atoms. The second kappa shape index (κ2) is 6.14. The molecular formula is C16H21N5O2. The van der Waals surface area contributed by atoms with Crippen LogP contribution in [-0.2, 0) is 18.3 Å². The van der Waals surface area contributed by atoms with Crippen molar-refractivity contribution >= 4 is 0 Å². The molecule has 122 valence electrons. The SMILES string of the molecule is CO[C@@H]1C[C@H](c2nnc(C)o2)N(Cc2cc(C#N)n(C)c2C)C1. The predicted molar refractivity (Wildman–Crippen MR) is 82.5 cm³/mol. The Hall–Kier alpha value is -2.17. The third-order valence-corrected chi connectivity index (χ3v) is 4.65. The van der Waals surface area contributed by atoms with E-state index in [4.69, 9.17) is 9.15 Å². The second-order valence-electron chi connectivity index (χ2n) is 6.01. The van der Waals surface area contributed by atoms with Gasteiger partial charge in [0.25, 0.3) is 0 Å². The largest absolute Gasteiger partial charge is 0.424 e. The Morgan fingerprint density at radius 2 is 2.22 bits per heavy atom. The van der Waals surface area contributed by atoms with Crippen molar-refractivity contribution < 1.29 is 9.15 Å². The molecule has 7 heteroatoms. The van der Waals surface area contributed by atoms with E-state index in [1.165, 1.54) is 0 Å². The van der Waals surface area contributed by atoms with Crippen LogP contribution in [0, 0.1) is 25.2 Å². The molecule has 2 aromatic rings. The van der Waals surface area contributed by atoms with Crippen LogP contribution in [0.4, 0.5) is 0 Å². The Balaban J connectivity index is 1.86. The van der Waals surface area contributed by atoms with Crippen molar-refractivity contribution in [3.8, 4) is 6.07 Å². The fourth-order valence-electron chi connectivity index (χ4n) is 3.16. The minimum atomic E-state index is 0.0475. The number of hydrogen-bond donors (Lipinski definition) is 0. The molecule has 1 saturated heterocycles. The number of methoxy groups -OCH3 is 1. The summed E-state index contributed by atoms with van der Waals surface area (Å²) in [5.74, 6) is 1.21. The summed E-state index contributed by atoms with van der Waals surface area (Å²) in [7, 11) is 3.64. The number of aryl methyl sites for hydroxylation is 1. The van der Waals surface area contributed by atoms with Gasteiger partial charge in [0, 0.05) is 39.9 Å². The van der Waals surface area contributed by atoms with Crippen LogP contribution in [0.3, 0.4) is 0 Å². The fourth-order valence-corrected chi connectivity index (χ4v) is 3.16. The summed E-state index contributed by atoms with van der Waals surface area (Å²) in [5, 5.41) is 17.3. The van der Waals surface area contributed by atoms with Crippen LogP contribution in [0.25, 0.3) is 0 Å². The standard InChI is InChI=1S/C16H21N5O2/c1-10-12(5-13(7-17)20(10)3)8-21-9-14(22-4)6-15(21)16-19-18-11(2)23-16/h5,14-15H,6,8-9H2,1-4H3/t14-,15-/m1/s1. The molecule has 0 amide bonds. The molecule has 0 radical (unpaired) electrons. The molecule has 1 aliphatic heterocycles. The first-order valence-electron chi connectivity index (χ1n) is 7.65. The van der Waals surface area contributed by atoms with Gasteiger partial charge >= 0.3 is 0 Å². The lowest BCUT2D eigenvalue weighted by atomic mass is 10.2. The molecule has 0 aromatic carbocycles. The highest BCUT2D eigenvalue weighted by Gasteiger charge is 2.36. The molecule has 0 unspecified atom stereocenters. The van der Waals surface area contributed by atoms with Gasteiger partial charge in [-0.1, -0.05) is 0 Å². The zero-order valence-corrected chi connectivity index (χ0v) is 13.9. The van der Waals surface area contributed by atoms with Gasteiger partial charge in [-0.3, -0.25) is 4.90 Å². The van der Waals surface area contributed by atoms with Crippen LogP contribution in [0.15, 0.2) is 10.5 Å². The van der Waals surface area contributed by atoms with Gasteiger partial charge in [-0.2, -0.15) is 5.26 Å². The van der Waals surface area contributed by atoms with Crippen molar-refractivity contribution in [3.05, 3.63) is 34.8 Å². The monoisotopic (exact) mass is 315 g/mol. The van der Waals surface area contributed by atoms with E-state index in [-0.39, 0.29) is 12.1 Å². The van der Waals surface area contributed by atoms with Gasteiger partial charge in [0.2, 0.25) is 11.8 Å². The zero-order valence-electron chi connectivity index (χ0n) is 13.9. The van der Waals surface area contributed by atoms with Gasteiger partial charge in [0.1, 0.15) is 11.8 Å². The van der Waals surface area contributed by atoms with Crippen LogP contribution >= 0.6 is 0 Å². The van der Waals surface area contributed by atoms with Crippen molar-refractivity contribution in [2.75, 3.05) is 13.7 Å². The molecule has 2 aromatic heterocycles. The molecule has 0 N–H and O–H groups in total. The summed E-state index contributed by atoms with van der Waals surface area (Å²) in [6.45, 7) is 5.36. The smallest absolute Gasteiger partial charge is 0.233 e. The molecule has 23 heavy (non-hydrogen) atoms. The van der Waals surface area contributed by atoms with E-state index in [1.807, 2.05) is 24.6 Å². The number of nitrogens with zero attached hydrogens (tertiary/aromatic N) is 5. The maximum Gasteiger partial charge on any atom is 0.233 e. The van der Waals surface area contributed by atoms with Crippen molar-refractivity contribution in [1.82, 2.24) is 19.7 Å². The van der Waals surface area contributed by atoms with Crippen molar-refractivity contribution in [1.29, 1.82) is 5.26 Å². The van der Waals surface area contributed by atoms with Gasteiger partial charge < -0.3 is 13.7 Å². The average molecular weight is 315 g/mol. The molecule has 1 fully saturated rings. The molecule has 0 aliphatic carbocycles. The first kappa shape index (κ1) is 15.7. The summed E-state index contributed by atoms with van der Waals surface area (Å²) in [6, 6.07) is 4.22. The second-order valence-corrected chi connectivity index (χ2v) is 6.01. The van der Waals surface area contributed by atoms with Crippen LogP contribution < -0.4 is 0 Å². The lowest BCUT2D eigenvalue weighted by molar-refractivity contribution is 0.107. The maximum atomic E-state index is 9.19. The zero-order chi connectivity index (χ0) is 16.6. The Morgan fingerprint density at radius 3 is 2.78 bits per heavy atom. The molecule has 2 atom stereocenters. The van der Waals surface area contributed by atoms with Crippen molar-refractivity contribution in [3.63, 3.8) is 0 Å². The summed E-state index contributed by atoms with van der Waals surface area (Å²) < 4.78 is 13.1. The number of ether oxygens (including phenoxy) is 1. The third kappa shape index (κ3) is 2.87. The summed E-state index contributed by atoms with van der Waals surface area (Å²) in [4.78, 5) is 2.28. The lowest BCUT2D eigenvalue weighted by Gasteiger charge is -2.21. The normalized spacial score (nSPS) is 21.7. The Bertz CT molecular complexity index is 742. The maximum absolute atomic E-state index is 9.19. The number of hydrogen-bond acceptors (Lipinski definition) is 6. The molecule has 3 rings (SSSR count). The predicted octanol–water partition coefficient (Wildman–Crippen LogP) is 1.86. The van der Waals surface area contributed by atoms with E-state index >= 15 is 0 Å². The first-order valence-corrected chi connectivity index (χ1v) is 7.65. The fraction of sp³-hybridized carbons (Fsp3) is 0.562. The van der Waals surface area contributed by atoms with Gasteiger partial charge in [-0.25, -0.2) is 0 Å². The highest BCUT2D eigenvalue weighted by atomic mass is 16.5. The molecule has 7 nitrogen and oxygen atoms in total. The highest BCUT2D eigenvalue weighted by molar-refractivity contribution is 5.34. The van der Waals surface area contributed by atoms with E-state index in [9.17, 15) is 5.26 Å². The van der Waals surface area contributed by atoms with Gasteiger partial charge in [-0.15, -0.1) is 10.2 Å². The van der Waals surface area contributed by atoms with E-state index in [1.54, 1.807) is 14.0 Å². The van der Waals surface area contributed by atoms with Gasteiger partial charge in [0.05, 0.1) is 12.1 Å². The van der Waals surface area contributed by atoms with E-state index in [0.717, 1.165) is 30.8 Å². The van der Waals surface area contributed by atoms with Crippen molar-refractivity contribution in [2.45, 2.75) is 39.0 Å². The van der Waals surface area contributed by atoms with Gasteiger partial charge in [-0.05, 0) is 25.0 Å². The minimum Gasteiger partial charge on any atom is -0.424 e. The molecule has 0 saturated carbocycles. The van der Waals surface area contributed by atoms with Crippen LogP contribution in [0.1, 0.15) is 41.2 Å². The van der Waals surface area contributed by atoms with Crippen LogP contribution in [-0.4, -0.2) is 39.4 Å². The number of aromatic nitrogens is 3. The van der Waals surface area contributed by atoms with Crippen molar-refractivity contribution in [2.24, 2.45) is 7.05 Å². The number of rotatable bonds is 4. The van der Waals surface area contributed by atoms with Crippen LogP contribution in [0.5, 0.6) is 0 Å². The highest BCUT2D eigenvalue weighted by Crippen LogP contribution is 2.34. The average Bonchev–Trinajstić information content (AvgIpc) is 3.21. The Kier molecular flexibility index (Phi) is 4.20. The lowest BCUT2D eigenvalue weighted by Crippen LogP contribution is -2.25.